The molecule has 1 N–H and O–H groups in total. The minimum absolute atomic E-state index is 0.772. The molecule has 0 spiro atoms. The van der Waals surface area contributed by atoms with Crippen LogP contribution in [0.2, 0.25) is 5.02 Å². The summed E-state index contributed by atoms with van der Waals surface area (Å²) < 4.78 is 0. The molecular weight excluding hydrogens is 276 g/mol. The zero-order valence-electron chi connectivity index (χ0n) is 11.1. The van der Waals surface area contributed by atoms with Crippen molar-refractivity contribution in [2.45, 2.75) is 24.5 Å². The first-order valence-corrected chi connectivity index (χ1v) is 7.64. The van der Waals surface area contributed by atoms with E-state index < -0.39 is 0 Å². The van der Waals surface area contributed by atoms with Crippen molar-refractivity contribution in [3.8, 4) is 0 Å². The van der Waals surface area contributed by atoms with Gasteiger partial charge in [0.25, 0.3) is 0 Å². The number of thioether (sulfide) groups is 1. The topological polar surface area (TPSA) is 24.9 Å². The van der Waals surface area contributed by atoms with Crippen LogP contribution in [-0.2, 0) is 5.75 Å². The van der Waals surface area contributed by atoms with Crippen LogP contribution in [0.5, 0.6) is 0 Å². The number of benzene rings is 1. The minimum Gasteiger partial charge on any atom is -0.384 e. The van der Waals surface area contributed by atoms with Crippen molar-refractivity contribution in [2.75, 3.05) is 11.9 Å². The summed E-state index contributed by atoms with van der Waals surface area (Å²) in [7, 11) is 0. The molecule has 0 amide bonds. The van der Waals surface area contributed by atoms with Gasteiger partial charge in [-0.05, 0) is 50.2 Å². The van der Waals surface area contributed by atoms with E-state index in [1.165, 1.54) is 4.90 Å². The van der Waals surface area contributed by atoms with Crippen LogP contribution in [0.15, 0.2) is 41.3 Å². The van der Waals surface area contributed by atoms with Gasteiger partial charge in [0.15, 0.2) is 0 Å². The highest BCUT2D eigenvalue weighted by Gasteiger charge is 2.02. The van der Waals surface area contributed by atoms with Gasteiger partial charge in [0, 0.05) is 22.2 Å². The number of aromatic nitrogens is 1. The Morgan fingerprint density at radius 3 is 2.53 bits per heavy atom. The van der Waals surface area contributed by atoms with E-state index >= 15 is 0 Å². The van der Waals surface area contributed by atoms with Gasteiger partial charge in [-0.2, -0.15) is 0 Å². The Balaban J connectivity index is 1.99. The van der Waals surface area contributed by atoms with Crippen LogP contribution < -0.4 is 5.32 Å². The molecule has 0 bridgehead atoms. The summed E-state index contributed by atoms with van der Waals surface area (Å²) in [5, 5.41) is 4.07. The summed E-state index contributed by atoms with van der Waals surface area (Å²) in [5.41, 5.74) is 3.26. The zero-order valence-corrected chi connectivity index (χ0v) is 12.7. The molecule has 2 aromatic rings. The molecule has 0 radical (unpaired) electrons. The third-order valence-corrected chi connectivity index (χ3v) is 4.01. The summed E-state index contributed by atoms with van der Waals surface area (Å²) >= 11 is 7.64. The van der Waals surface area contributed by atoms with Crippen molar-refractivity contribution in [2.24, 2.45) is 0 Å². The van der Waals surface area contributed by atoms with Crippen molar-refractivity contribution in [3.05, 3.63) is 52.8 Å². The normalized spacial score (nSPS) is 10.5. The van der Waals surface area contributed by atoms with E-state index in [4.69, 9.17) is 11.6 Å². The van der Waals surface area contributed by atoms with Gasteiger partial charge in [0.1, 0.15) is 0 Å². The van der Waals surface area contributed by atoms with Crippen LogP contribution in [0.25, 0.3) is 0 Å². The highest BCUT2D eigenvalue weighted by Crippen LogP contribution is 2.24. The zero-order chi connectivity index (χ0) is 13.7. The first-order chi connectivity index (χ1) is 9.19. The molecule has 1 heterocycles. The summed E-state index contributed by atoms with van der Waals surface area (Å²) in [6, 6.07) is 12.1. The van der Waals surface area contributed by atoms with Gasteiger partial charge in [0.05, 0.1) is 17.1 Å². The maximum Gasteiger partial charge on any atom is 0.0607 e. The van der Waals surface area contributed by atoms with Gasteiger partial charge in [-0.1, -0.05) is 11.6 Å². The summed E-state index contributed by atoms with van der Waals surface area (Å²) in [6.07, 6.45) is 0. The number of pyridine rings is 1. The molecule has 0 saturated carbocycles. The molecule has 0 unspecified atom stereocenters. The van der Waals surface area contributed by atoms with E-state index in [-0.39, 0.29) is 0 Å². The third-order valence-electron chi connectivity index (χ3n) is 2.71. The van der Waals surface area contributed by atoms with Crippen LogP contribution in [0.3, 0.4) is 0 Å². The van der Waals surface area contributed by atoms with Crippen LogP contribution >= 0.6 is 23.4 Å². The fourth-order valence-corrected chi connectivity index (χ4v) is 2.69. The molecule has 19 heavy (non-hydrogen) atoms. The Kier molecular flexibility index (Phi) is 5.11. The van der Waals surface area contributed by atoms with Gasteiger partial charge in [-0.15, -0.1) is 11.8 Å². The highest BCUT2D eigenvalue weighted by molar-refractivity contribution is 7.98. The van der Waals surface area contributed by atoms with E-state index in [0.29, 0.717) is 0 Å². The monoisotopic (exact) mass is 292 g/mol. The number of anilines is 1. The van der Waals surface area contributed by atoms with E-state index in [2.05, 4.69) is 29.4 Å². The lowest BCUT2D eigenvalue weighted by molar-refractivity contribution is 1.08. The lowest BCUT2D eigenvalue weighted by Gasteiger charge is -2.08. The minimum atomic E-state index is 0.772. The Morgan fingerprint density at radius 1 is 1.16 bits per heavy atom. The number of rotatable bonds is 5. The fourth-order valence-electron chi connectivity index (χ4n) is 1.76. The number of hydrogen-bond donors (Lipinski definition) is 1. The van der Waals surface area contributed by atoms with Gasteiger partial charge in [0.2, 0.25) is 0 Å². The largest absolute Gasteiger partial charge is 0.384 e. The molecule has 0 aliphatic heterocycles. The first-order valence-electron chi connectivity index (χ1n) is 6.28. The molecule has 100 valence electrons. The Bertz CT molecular complexity index is 540. The number of halogens is 1. The first kappa shape index (κ1) is 14.2. The molecule has 1 aromatic heterocycles. The van der Waals surface area contributed by atoms with Crippen molar-refractivity contribution in [1.82, 2.24) is 4.98 Å². The van der Waals surface area contributed by atoms with Gasteiger partial charge >= 0.3 is 0 Å². The molecule has 4 heteroatoms. The number of nitrogens with one attached hydrogen (secondary N) is 1. The molecule has 0 aliphatic carbocycles. The van der Waals surface area contributed by atoms with Gasteiger partial charge in [-0.25, -0.2) is 0 Å². The summed E-state index contributed by atoms with van der Waals surface area (Å²) in [4.78, 5) is 5.82. The Hall–Kier alpha value is -1.19. The van der Waals surface area contributed by atoms with Crippen molar-refractivity contribution in [1.29, 1.82) is 0 Å². The van der Waals surface area contributed by atoms with Crippen molar-refractivity contribution in [3.63, 3.8) is 0 Å². The average molecular weight is 293 g/mol. The molecule has 0 fully saturated rings. The van der Waals surface area contributed by atoms with E-state index in [9.17, 15) is 0 Å². The van der Waals surface area contributed by atoms with Crippen molar-refractivity contribution >= 4 is 29.1 Å². The Morgan fingerprint density at radius 2 is 1.89 bits per heavy atom. The predicted octanol–water partition coefficient (Wildman–Crippen LogP) is 4.77. The Labute approximate surface area is 123 Å². The number of hydrogen-bond acceptors (Lipinski definition) is 3. The molecule has 0 saturated heterocycles. The van der Waals surface area contributed by atoms with E-state index in [0.717, 1.165) is 34.4 Å². The third kappa shape index (κ3) is 4.15. The van der Waals surface area contributed by atoms with Crippen LogP contribution in [0.1, 0.15) is 18.3 Å². The van der Waals surface area contributed by atoms with Crippen LogP contribution in [-0.4, -0.2) is 11.5 Å². The molecule has 2 nitrogen and oxygen atoms in total. The lowest BCUT2D eigenvalue weighted by atomic mass is 10.3. The molecule has 0 aliphatic rings. The average Bonchev–Trinajstić information content (AvgIpc) is 2.41. The standard InChI is InChI=1S/C15H17ClN2S/c1-3-17-15-9-6-13(18-11(15)2)10-19-14-7-4-12(16)5-8-14/h4-9,17H,3,10H2,1-2H3. The molecule has 1 aromatic carbocycles. The molecule has 2 rings (SSSR count). The highest BCUT2D eigenvalue weighted by atomic mass is 35.5. The summed E-state index contributed by atoms with van der Waals surface area (Å²) in [5.74, 6) is 0.870. The van der Waals surface area contributed by atoms with E-state index in [1.807, 2.05) is 31.2 Å². The van der Waals surface area contributed by atoms with E-state index in [1.54, 1.807) is 11.8 Å². The SMILES string of the molecule is CCNc1ccc(CSc2ccc(Cl)cc2)nc1C. The van der Waals surface area contributed by atoms with Gasteiger partial charge in [-0.3, -0.25) is 4.98 Å². The maximum absolute atomic E-state index is 5.87. The molecular formula is C15H17ClN2S. The number of nitrogens with zero attached hydrogens (tertiary/aromatic N) is 1. The van der Waals surface area contributed by atoms with Crippen molar-refractivity contribution < 1.29 is 0 Å². The van der Waals surface area contributed by atoms with Crippen LogP contribution in [0, 0.1) is 6.92 Å². The smallest absolute Gasteiger partial charge is 0.0607 e. The predicted molar refractivity (Wildman–Crippen MR) is 84.2 cm³/mol. The lowest BCUT2D eigenvalue weighted by Crippen LogP contribution is -2.01. The number of aryl methyl sites for hydroxylation is 1. The van der Waals surface area contributed by atoms with Gasteiger partial charge < -0.3 is 5.32 Å². The second-order valence-corrected chi connectivity index (χ2v) is 5.69. The quantitative estimate of drug-likeness (QED) is 0.804. The second kappa shape index (κ2) is 6.83. The maximum atomic E-state index is 5.87. The summed E-state index contributed by atoms with van der Waals surface area (Å²) in [6.45, 7) is 5.04. The fraction of sp³-hybridized carbons (Fsp3) is 0.267. The second-order valence-electron chi connectivity index (χ2n) is 4.21. The molecule has 0 atom stereocenters. The van der Waals surface area contributed by atoms with Crippen LogP contribution in [0.4, 0.5) is 5.69 Å².